The van der Waals surface area contributed by atoms with Gasteiger partial charge in [-0.25, -0.2) is 0 Å². The Balaban J connectivity index is 1.76. The fraction of sp³-hybridized carbons (Fsp3) is 0.385. The molecule has 1 aromatic carbocycles. The number of rotatable bonds is 3. The first-order chi connectivity index (χ1) is 8.72. The van der Waals surface area contributed by atoms with E-state index in [9.17, 15) is 0 Å². The second-order valence-electron chi connectivity index (χ2n) is 4.84. The molecular weight excluding hydrogens is 228 g/mol. The quantitative estimate of drug-likeness (QED) is 0.892. The lowest BCUT2D eigenvalue weighted by Gasteiger charge is -2.05. The molecular formula is C13H16N4O. The average molecular weight is 244 g/mol. The molecule has 1 atom stereocenters. The van der Waals surface area contributed by atoms with Crippen LogP contribution in [0.3, 0.4) is 0 Å². The topological polar surface area (TPSA) is 54.2 Å². The molecule has 0 unspecified atom stereocenters. The van der Waals surface area contributed by atoms with Crippen LogP contribution in [-0.2, 0) is 13.0 Å². The van der Waals surface area contributed by atoms with Crippen molar-refractivity contribution >= 4 is 5.69 Å². The molecule has 0 saturated heterocycles. The number of hydrogen-bond acceptors (Lipinski definition) is 5. The van der Waals surface area contributed by atoms with E-state index in [1.165, 1.54) is 5.56 Å². The summed E-state index contributed by atoms with van der Waals surface area (Å²) in [5.41, 5.74) is 2.46. The van der Waals surface area contributed by atoms with Crippen molar-refractivity contribution in [3.05, 3.63) is 41.5 Å². The van der Waals surface area contributed by atoms with Crippen molar-refractivity contribution in [2.75, 3.05) is 19.4 Å². The molecule has 1 aliphatic heterocycles. The third-order valence-electron chi connectivity index (χ3n) is 3.01. The summed E-state index contributed by atoms with van der Waals surface area (Å²) in [5.74, 6) is 1.40. The van der Waals surface area contributed by atoms with Crippen molar-refractivity contribution in [1.82, 2.24) is 15.0 Å². The van der Waals surface area contributed by atoms with Gasteiger partial charge in [0, 0.05) is 12.1 Å². The summed E-state index contributed by atoms with van der Waals surface area (Å²) in [5, 5.41) is 7.40. The van der Waals surface area contributed by atoms with Gasteiger partial charge in [-0.05, 0) is 25.7 Å². The normalized spacial score (nSPS) is 17.8. The largest absolute Gasteiger partial charge is 0.373 e. The number of benzene rings is 1. The third kappa shape index (κ3) is 2.09. The SMILES string of the molecule is CN(C)Cc1noc([C@@H]2Cc3ccccc3N2)n1. The van der Waals surface area contributed by atoms with E-state index in [0.717, 1.165) is 17.9 Å². The molecule has 0 radical (unpaired) electrons. The maximum absolute atomic E-state index is 5.33. The van der Waals surface area contributed by atoms with Crippen LogP contribution >= 0.6 is 0 Å². The highest BCUT2D eigenvalue weighted by molar-refractivity contribution is 5.56. The van der Waals surface area contributed by atoms with Gasteiger partial charge in [-0.2, -0.15) is 4.98 Å². The summed E-state index contributed by atoms with van der Waals surface area (Å²) in [6.45, 7) is 0.698. The smallest absolute Gasteiger partial charge is 0.249 e. The van der Waals surface area contributed by atoms with Gasteiger partial charge in [0.1, 0.15) is 6.04 Å². The molecule has 0 amide bonds. The van der Waals surface area contributed by atoms with Crippen molar-refractivity contribution < 1.29 is 4.52 Å². The van der Waals surface area contributed by atoms with E-state index in [4.69, 9.17) is 4.52 Å². The zero-order chi connectivity index (χ0) is 12.5. The summed E-state index contributed by atoms with van der Waals surface area (Å²) < 4.78 is 5.33. The Kier molecular flexibility index (Phi) is 2.76. The lowest BCUT2D eigenvalue weighted by molar-refractivity contribution is 0.341. The van der Waals surface area contributed by atoms with E-state index < -0.39 is 0 Å². The zero-order valence-corrected chi connectivity index (χ0v) is 10.6. The van der Waals surface area contributed by atoms with Crippen LogP contribution < -0.4 is 5.32 Å². The summed E-state index contributed by atoms with van der Waals surface area (Å²) in [7, 11) is 3.97. The first-order valence-electron chi connectivity index (χ1n) is 6.04. The number of nitrogens with zero attached hydrogens (tertiary/aromatic N) is 3. The highest BCUT2D eigenvalue weighted by atomic mass is 16.5. The van der Waals surface area contributed by atoms with Gasteiger partial charge in [0.05, 0.1) is 6.54 Å². The Labute approximate surface area is 106 Å². The Morgan fingerprint density at radius 1 is 1.39 bits per heavy atom. The first-order valence-corrected chi connectivity index (χ1v) is 6.04. The van der Waals surface area contributed by atoms with Gasteiger partial charge in [-0.15, -0.1) is 0 Å². The van der Waals surface area contributed by atoms with E-state index >= 15 is 0 Å². The van der Waals surface area contributed by atoms with Gasteiger partial charge in [0.15, 0.2) is 5.82 Å². The Morgan fingerprint density at radius 2 is 2.22 bits per heavy atom. The minimum Gasteiger partial charge on any atom is -0.373 e. The molecule has 5 nitrogen and oxygen atoms in total. The highest BCUT2D eigenvalue weighted by Crippen LogP contribution is 2.32. The van der Waals surface area contributed by atoms with Crippen LogP contribution in [0.4, 0.5) is 5.69 Å². The monoisotopic (exact) mass is 244 g/mol. The molecule has 2 heterocycles. The van der Waals surface area contributed by atoms with Gasteiger partial charge in [0.25, 0.3) is 0 Å². The predicted molar refractivity (Wildman–Crippen MR) is 68.2 cm³/mol. The highest BCUT2D eigenvalue weighted by Gasteiger charge is 2.26. The molecule has 1 aromatic heterocycles. The van der Waals surface area contributed by atoms with E-state index in [0.29, 0.717) is 12.4 Å². The maximum Gasteiger partial charge on any atom is 0.249 e. The van der Waals surface area contributed by atoms with Crippen molar-refractivity contribution in [2.45, 2.75) is 19.0 Å². The number of para-hydroxylation sites is 1. The van der Waals surface area contributed by atoms with Crippen molar-refractivity contribution in [3.63, 3.8) is 0 Å². The lowest BCUT2D eigenvalue weighted by Crippen LogP contribution is -2.12. The fourth-order valence-corrected chi connectivity index (χ4v) is 2.20. The summed E-state index contributed by atoms with van der Waals surface area (Å²) in [4.78, 5) is 6.45. The summed E-state index contributed by atoms with van der Waals surface area (Å²) in [6.07, 6.45) is 0.903. The van der Waals surface area contributed by atoms with Gasteiger partial charge < -0.3 is 14.7 Å². The lowest BCUT2D eigenvalue weighted by atomic mass is 10.1. The van der Waals surface area contributed by atoms with Crippen LogP contribution in [0.25, 0.3) is 0 Å². The minimum atomic E-state index is 0.103. The van der Waals surface area contributed by atoms with Gasteiger partial charge in [-0.1, -0.05) is 23.4 Å². The Morgan fingerprint density at radius 3 is 3.00 bits per heavy atom. The third-order valence-corrected chi connectivity index (χ3v) is 3.01. The number of nitrogens with one attached hydrogen (secondary N) is 1. The van der Waals surface area contributed by atoms with E-state index in [-0.39, 0.29) is 6.04 Å². The van der Waals surface area contributed by atoms with Gasteiger partial charge >= 0.3 is 0 Å². The molecule has 0 saturated carbocycles. The molecule has 5 heteroatoms. The molecule has 0 bridgehead atoms. The minimum absolute atomic E-state index is 0.103. The first kappa shape index (κ1) is 11.2. The van der Waals surface area contributed by atoms with Crippen LogP contribution in [0.1, 0.15) is 23.3 Å². The van der Waals surface area contributed by atoms with Crippen LogP contribution in [0.15, 0.2) is 28.8 Å². The molecule has 18 heavy (non-hydrogen) atoms. The second kappa shape index (κ2) is 4.42. The molecule has 0 spiro atoms. The van der Waals surface area contributed by atoms with E-state index in [2.05, 4.69) is 27.6 Å². The zero-order valence-electron chi connectivity index (χ0n) is 10.6. The molecule has 1 N–H and O–H groups in total. The molecule has 1 aliphatic rings. The van der Waals surface area contributed by atoms with Crippen molar-refractivity contribution in [1.29, 1.82) is 0 Å². The fourth-order valence-electron chi connectivity index (χ4n) is 2.20. The average Bonchev–Trinajstić information content (AvgIpc) is 2.93. The number of anilines is 1. The Hall–Kier alpha value is -1.88. The molecule has 94 valence electrons. The number of hydrogen-bond donors (Lipinski definition) is 1. The molecule has 2 aromatic rings. The van der Waals surface area contributed by atoms with Crippen molar-refractivity contribution in [2.24, 2.45) is 0 Å². The number of aromatic nitrogens is 2. The van der Waals surface area contributed by atoms with E-state index in [1.54, 1.807) is 0 Å². The molecule has 0 aliphatic carbocycles. The van der Waals surface area contributed by atoms with Crippen molar-refractivity contribution in [3.8, 4) is 0 Å². The van der Waals surface area contributed by atoms with Gasteiger partial charge in [0.2, 0.25) is 5.89 Å². The summed E-state index contributed by atoms with van der Waals surface area (Å²) in [6, 6.07) is 8.38. The molecule has 0 fully saturated rings. The Bertz CT molecular complexity index is 524. The van der Waals surface area contributed by atoms with E-state index in [1.807, 2.05) is 31.1 Å². The maximum atomic E-state index is 5.33. The van der Waals surface area contributed by atoms with Crippen LogP contribution in [0.2, 0.25) is 0 Å². The second-order valence-corrected chi connectivity index (χ2v) is 4.84. The predicted octanol–water partition coefficient (Wildman–Crippen LogP) is 1.84. The van der Waals surface area contributed by atoms with Crippen LogP contribution in [0.5, 0.6) is 0 Å². The van der Waals surface area contributed by atoms with Crippen LogP contribution in [0, 0.1) is 0 Å². The van der Waals surface area contributed by atoms with Crippen LogP contribution in [-0.4, -0.2) is 29.1 Å². The summed E-state index contributed by atoms with van der Waals surface area (Å²) >= 11 is 0. The standard InChI is InChI=1S/C13H16N4O/c1-17(2)8-12-15-13(18-16-12)11-7-9-5-3-4-6-10(9)14-11/h3-6,11,14H,7-8H2,1-2H3/t11-/m0/s1. The molecule has 3 rings (SSSR count). The van der Waals surface area contributed by atoms with Gasteiger partial charge in [-0.3, -0.25) is 0 Å². The number of fused-ring (bicyclic) bond motifs is 1.